The second kappa shape index (κ2) is 14.0. The summed E-state index contributed by atoms with van der Waals surface area (Å²) >= 11 is 0. The van der Waals surface area contributed by atoms with Gasteiger partial charge in [-0.1, -0.05) is 13.8 Å². The van der Waals surface area contributed by atoms with Gasteiger partial charge in [0, 0.05) is 32.8 Å². The summed E-state index contributed by atoms with van der Waals surface area (Å²) < 4.78 is 11.3. The highest BCUT2D eigenvalue weighted by Gasteiger charge is 2.25. The van der Waals surface area contributed by atoms with E-state index in [4.69, 9.17) is 14.5 Å². The van der Waals surface area contributed by atoms with Crippen LogP contribution in [-0.2, 0) is 9.47 Å². The molecule has 2 aliphatic heterocycles. The van der Waals surface area contributed by atoms with E-state index < -0.39 is 0 Å². The molecule has 154 valence electrons. The SMILES string of the molecule is CCNC(=NCCOCC1CCCO1)N1CCC(CN(CC)CC)C1.I. The van der Waals surface area contributed by atoms with Crippen molar-refractivity contribution in [3.05, 3.63) is 0 Å². The number of nitrogens with one attached hydrogen (secondary N) is 1. The van der Waals surface area contributed by atoms with Crippen LogP contribution in [0.5, 0.6) is 0 Å². The third-order valence-corrected chi connectivity index (χ3v) is 5.16. The highest BCUT2D eigenvalue weighted by molar-refractivity contribution is 14.0. The summed E-state index contributed by atoms with van der Waals surface area (Å²) in [5.74, 6) is 1.80. The number of ether oxygens (including phenoxy) is 2. The van der Waals surface area contributed by atoms with Crippen molar-refractivity contribution in [3.63, 3.8) is 0 Å². The molecule has 0 aromatic rings. The van der Waals surface area contributed by atoms with E-state index in [2.05, 4.69) is 35.9 Å². The summed E-state index contributed by atoms with van der Waals surface area (Å²) in [7, 11) is 0. The zero-order valence-electron chi connectivity index (χ0n) is 16.9. The zero-order valence-corrected chi connectivity index (χ0v) is 19.2. The Bertz CT molecular complexity index is 388. The lowest BCUT2D eigenvalue weighted by atomic mass is 10.1. The topological polar surface area (TPSA) is 49.3 Å². The van der Waals surface area contributed by atoms with Gasteiger partial charge < -0.3 is 24.6 Å². The normalized spacial score (nSPS) is 23.5. The number of aliphatic imine (C=N–C) groups is 1. The molecule has 0 aromatic carbocycles. The van der Waals surface area contributed by atoms with Crippen molar-refractivity contribution in [1.82, 2.24) is 15.1 Å². The van der Waals surface area contributed by atoms with Crippen molar-refractivity contribution in [3.8, 4) is 0 Å². The number of hydrogen-bond donors (Lipinski definition) is 1. The van der Waals surface area contributed by atoms with Gasteiger partial charge in [-0.2, -0.15) is 0 Å². The lowest BCUT2D eigenvalue weighted by Crippen LogP contribution is -2.41. The Morgan fingerprint density at radius 3 is 2.73 bits per heavy atom. The zero-order chi connectivity index (χ0) is 17.9. The molecule has 26 heavy (non-hydrogen) atoms. The first kappa shape index (κ1) is 23.9. The van der Waals surface area contributed by atoms with E-state index in [0.29, 0.717) is 25.9 Å². The minimum atomic E-state index is 0. The molecule has 0 radical (unpaired) electrons. The predicted octanol–water partition coefficient (Wildman–Crippen LogP) is 2.43. The summed E-state index contributed by atoms with van der Waals surface area (Å²) in [5.41, 5.74) is 0. The maximum absolute atomic E-state index is 5.73. The van der Waals surface area contributed by atoms with E-state index in [9.17, 15) is 0 Å². The maximum atomic E-state index is 5.73. The van der Waals surface area contributed by atoms with Crippen LogP contribution in [0.4, 0.5) is 0 Å². The van der Waals surface area contributed by atoms with Crippen molar-refractivity contribution in [2.75, 3.05) is 65.6 Å². The monoisotopic (exact) mass is 482 g/mol. The molecule has 2 aliphatic rings. The molecule has 2 saturated heterocycles. The van der Waals surface area contributed by atoms with Crippen LogP contribution in [-0.4, -0.2) is 87.5 Å². The summed E-state index contributed by atoms with van der Waals surface area (Å²) in [6.45, 7) is 16.2. The van der Waals surface area contributed by atoms with E-state index in [0.717, 1.165) is 57.6 Å². The minimum absolute atomic E-state index is 0. The van der Waals surface area contributed by atoms with E-state index in [1.165, 1.54) is 19.4 Å². The molecule has 0 spiro atoms. The smallest absolute Gasteiger partial charge is 0.194 e. The summed E-state index contributed by atoms with van der Waals surface area (Å²) in [6, 6.07) is 0. The lowest BCUT2D eigenvalue weighted by Gasteiger charge is -2.24. The molecule has 1 N–H and O–H groups in total. The number of nitrogens with zero attached hydrogens (tertiary/aromatic N) is 3. The first-order valence-electron chi connectivity index (χ1n) is 10.2. The van der Waals surface area contributed by atoms with Gasteiger partial charge in [0.2, 0.25) is 0 Å². The molecule has 7 heteroatoms. The molecule has 6 nitrogen and oxygen atoms in total. The van der Waals surface area contributed by atoms with Crippen LogP contribution in [0.15, 0.2) is 4.99 Å². The van der Waals surface area contributed by atoms with Gasteiger partial charge in [0.25, 0.3) is 0 Å². The van der Waals surface area contributed by atoms with Gasteiger partial charge >= 0.3 is 0 Å². The van der Waals surface area contributed by atoms with Gasteiger partial charge in [-0.25, -0.2) is 0 Å². The predicted molar refractivity (Wildman–Crippen MR) is 119 cm³/mol. The van der Waals surface area contributed by atoms with Gasteiger partial charge in [0.05, 0.1) is 25.9 Å². The molecule has 0 aliphatic carbocycles. The van der Waals surface area contributed by atoms with Gasteiger partial charge in [-0.05, 0) is 45.2 Å². The van der Waals surface area contributed by atoms with Crippen LogP contribution in [0, 0.1) is 5.92 Å². The molecule has 2 unspecified atom stereocenters. The molecular weight excluding hydrogens is 443 g/mol. The standard InChI is InChI=1S/C19H38N4O2.HI/c1-4-20-19(21-10-13-24-16-18-8-7-12-25-18)23-11-9-17(15-23)14-22(5-2)6-3;/h17-18H,4-16H2,1-3H3,(H,20,21);1H. The van der Waals surface area contributed by atoms with Gasteiger partial charge in [0.1, 0.15) is 0 Å². The first-order valence-corrected chi connectivity index (χ1v) is 10.2. The lowest BCUT2D eigenvalue weighted by molar-refractivity contribution is 0.0199. The number of guanidine groups is 1. The van der Waals surface area contributed by atoms with E-state index in [-0.39, 0.29) is 24.0 Å². The highest BCUT2D eigenvalue weighted by Crippen LogP contribution is 2.17. The van der Waals surface area contributed by atoms with Crippen LogP contribution >= 0.6 is 24.0 Å². The molecule has 2 atom stereocenters. The Balaban J connectivity index is 0.00000338. The average Bonchev–Trinajstić information content (AvgIpc) is 3.30. The summed E-state index contributed by atoms with van der Waals surface area (Å²) in [4.78, 5) is 9.70. The number of hydrogen-bond acceptors (Lipinski definition) is 4. The van der Waals surface area contributed by atoms with Crippen LogP contribution in [0.25, 0.3) is 0 Å². The minimum Gasteiger partial charge on any atom is -0.377 e. The highest BCUT2D eigenvalue weighted by atomic mass is 127. The van der Waals surface area contributed by atoms with Crippen molar-refractivity contribution in [1.29, 1.82) is 0 Å². The van der Waals surface area contributed by atoms with Crippen LogP contribution < -0.4 is 5.32 Å². The quantitative estimate of drug-likeness (QED) is 0.224. The summed E-state index contributed by atoms with van der Waals surface area (Å²) in [5, 5.41) is 3.44. The fraction of sp³-hybridized carbons (Fsp3) is 0.947. The maximum Gasteiger partial charge on any atom is 0.194 e. The van der Waals surface area contributed by atoms with Crippen LogP contribution in [0.3, 0.4) is 0 Å². The van der Waals surface area contributed by atoms with E-state index in [1.54, 1.807) is 0 Å². The Labute approximate surface area is 177 Å². The fourth-order valence-electron chi connectivity index (χ4n) is 3.65. The van der Waals surface area contributed by atoms with Crippen molar-refractivity contribution in [2.24, 2.45) is 10.9 Å². The van der Waals surface area contributed by atoms with Gasteiger partial charge in [-0.15, -0.1) is 24.0 Å². The molecule has 2 fully saturated rings. The largest absolute Gasteiger partial charge is 0.377 e. The molecule has 0 saturated carbocycles. The fourth-order valence-corrected chi connectivity index (χ4v) is 3.65. The summed E-state index contributed by atoms with van der Waals surface area (Å²) in [6.07, 6.45) is 3.86. The van der Waals surface area contributed by atoms with Crippen LogP contribution in [0.1, 0.15) is 40.0 Å². The molecule has 2 heterocycles. The number of rotatable bonds is 10. The Morgan fingerprint density at radius 2 is 2.08 bits per heavy atom. The Hall–Kier alpha value is -0.120. The van der Waals surface area contributed by atoms with Crippen LogP contribution in [0.2, 0.25) is 0 Å². The van der Waals surface area contributed by atoms with Crippen molar-refractivity contribution >= 4 is 29.9 Å². The van der Waals surface area contributed by atoms with E-state index in [1.807, 2.05) is 0 Å². The molecular formula is C19H39IN4O2. The molecule has 0 amide bonds. The number of halogens is 1. The van der Waals surface area contributed by atoms with Gasteiger partial charge in [-0.3, -0.25) is 4.99 Å². The average molecular weight is 482 g/mol. The van der Waals surface area contributed by atoms with Gasteiger partial charge in [0.15, 0.2) is 5.96 Å². The Kier molecular flexibility index (Phi) is 12.8. The molecule has 0 bridgehead atoms. The second-order valence-electron chi connectivity index (χ2n) is 7.03. The number of likely N-dealkylation sites (tertiary alicyclic amines) is 1. The first-order chi connectivity index (χ1) is 12.3. The Morgan fingerprint density at radius 1 is 1.27 bits per heavy atom. The molecule has 2 rings (SSSR count). The molecule has 0 aromatic heterocycles. The van der Waals surface area contributed by atoms with Crippen molar-refractivity contribution in [2.45, 2.75) is 46.1 Å². The third-order valence-electron chi connectivity index (χ3n) is 5.16. The second-order valence-corrected chi connectivity index (χ2v) is 7.03. The third kappa shape index (κ3) is 8.27. The van der Waals surface area contributed by atoms with E-state index >= 15 is 0 Å². The van der Waals surface area contributed by atoms with Crippen molar-refractivity contribution < 1.29 is 9.47 Å².